The number of hydrogen-bond acceptors (Lipinski definition) is 2. The molecule has 0 saturated heterocycles. The van der Waals surface area contributed by atoms with E-state index in [1.165, 1.54) is 0 Å². The molecule has 0 aliphatic carbocycles. The number of nitrogens with zero attached hydrogens (tertiary/aromatic N) is 1. The zero-order valence-corrected chi connectivity index (χ0v) is 7.80. The monoisotopic (exact) mass is 188 g/mol. The third-order valence-corrected chi connectivity index (χ3v) is 2.01. The Labute approximate surface area is 76.1 Å². The van der Waals surface area contributed by atoms with Crippen LogP contribution in [0.3, 0.4) is 0 Å². The highest BCUT2D eigenvalue weighted by Gasteiger charge is 2.16. The molecule has 66 valence electrons. The molecule has 0 aliphatic rings. The number of halogens is 1. The SMILES string of the molecule is COCc1ccc(C)[n+](O)c1Cl. The van der Waals surface area contributed by atoms with Gasteiger partial charge in [0, 0.05) is 24.8 Å². The number of aryl methyl sites for hydroxylation is 1. The van der Waals surface area contributed by atoms with Crippen molar-refractivity contribution in [3.8, 4) is 0 Å². The second kappa shape index (κ2) is 3.74. The van der Waals surface area contributed by atoms with Gasteiger partial charge in [0.05, 0.1) is 12.2 Å². The summed E-state index contributed by atoms with van der Waals surface area (Å²) in [5.41, 5.74) is 1.46. The van der Waals surface area contributed by atoms with E-state index in [0.29, 0.717) is 17.5 Å². The largest absolute Gasteiger partial charge is 0.380 e. The van der Waals surface area contributed by atoms with E-state index in [2.05, 4.69) is 0 Å². The summed E-state index contributed by atoms with van der Waals surface area (Å²) in [6.07, 6.45) is 0. The molecule has 0 unspecified atom stereocenters. The molecule has 0 bridgehead atoms. The number of hydrogen-bond donors (Lipinski definition) is 1. The number of ether oxygens (including phenoxy) is 1. The molecule has 0 aromatic carbocycles. The molecule has 1 aromatic heterocycles. The molecular formula is C8H11ClNO2+. The van der Waals surface area contributed by atoms with Crippen molar-refractivity contribution in [1.29, 1.82) is 0 Å². The van der Waals surface area contributed by atoms with Gasteiger partial charge in [-0.05, 0) is 17.7 Å². The maximum atomic E-state index is 9.34. The number of methoxy groups -OCH3 is 1. The molecule has 1 rings (SSSR count). The molecule has 0 radical (unpaired) electrons. The van der Waals surface area contributed by atoms with E-state index in [1.54, 1.807) is 20.1 Å². The predicted molar refractivity (Wildman–Crippen MR) is 44.3 cm³/mol. The maximum Gasteiger partial charge on any atom is 0.330 e. The van der Waals surface area contributed by atoms with Crippen molar-refractivity contribution in [3.05, 3.63) is 28.5 Å². The van der Waals surface area contributed by atoms with Gasteiger partial charge in [-0.2, -0.15) is 0 Å². The summed E-state index contributed by atoms with van der Waals surface area (Å²) in [6.45, 7) is 2.17. The van der Waals surface area contributed by atoms with Crippen molar-refractivity contribution in [2.75, 3.05) is 7.11 Å². The minimum Gasteiger partial charge on any atom is -0.380 e. The minimum absolute atomic E-state index is 0.303. The first kappa shape index (κ1) is 9.29. The van der Waals surface area contributed by atoms with E-state index in [-0.39, 0.29) is 0 Å². The van der Waals surface area contributed by atoms with Crippen LogP contribution in [0.5, 0.6) is 0 Å². The molecule has 0 fully saturated rings. The standard InChI is InChI=1S/C8H11ClNO2/c1-6-3-4-7(5-12-2)8(9)10(6)11/h3-4,11H,5H2,1-2H3/q+1. The lowest BCUT2D eigenvalue weighted by atomic mass is 10.3. The van der Waals surface area contributed by atoms with Gasteiger partial charge in [0.15, 0.2) is 0 Å². The molecule has 1 aromatic rings. The van der Waals surface area contributed by atoms with Crippen molar-refractivity contribution in [1.82, 2.24) is 0 Å². The Balaban J connectivity index is 3.08. The normalized spacial score (nSPS) is 10.2. The Morgan fingerprint density at radius 2 is 2.25 bits per heavy atom. The first-order valence-corrected chi connectivity index (χ1v) is 3.93. The minimum atomic E-state index is 0.303. The van der Waals surface area contributed by atoms with Crippen LogP contribution >= 0.6 is 11.6 Å². The van der Waals surface area contributed by atoms with E-state index in [4.69, 9.17) is 16.3 Å². The summed E-state index contributed by atoms with van der Waals surface area (Å²) in [7, 11) is 1.58. The van der Waals surface area contributed by atoms with Crippen LogP contribution in [0.15, 0.2) is 12.1 Å². The summed E-state index contributed by atoms with van der Waals surface area (Å²) < 4.78 is 5.84. The topological polar surface area (TPSA) is 33.3 Å². The van der Waals surface area contributed by atoms with Gasteiger partial charge in [0.2, 0.25) is 5.69 Å². The van der Waals surface area contributed by atoms with Gasteiger partial charge in [-0.25, -0.2) is 0 Å². The zero-order valence-electron chi connectivity index (χ0n) is 7.04. The van der Waals surface area contributed by atoms with Crippen molar-refractivity contribution >= 4 is 11.6 Å². The van der Waals surface area contributed by atoms with Gasteiger partial charge in [-0.15, -0.1) is 0 Å². The van der Waals surface area contributed by atoms with E-state index < -0.39 is 0 Å². The van der Waals surface area contributed by atoms with Gasteiger partial charge in [0.1, 0.15) is 0 Å². The second-order valence-corrected chi connectivity index (χ2v) is 2.89. The number of pyridine rings is 1. The van der Waals surface area contributed by atoms with Gasteiger partial charge in [-0.1, -0.05) is 0 Å². The van der Waals surface area contributed by atoms with Crippen molar-refractivity contribution in [3.63, 3.8) is 0 Å². The molecule has 0 atom stereocenters. The summed E-state index contributed by atoms with van der Waals surface area (Å²) in [5, 5.41) is 9.65. The zero-order chi connectivity index (χ0) is 9.14. The van der Waals surface area contributed by atoms with E-state index in [9.17, 15) is 5.21 Å². The molecule has 0 aliphatic heterocycles. The summed E-state index contributed by atoms with van der Waals surface area (Å²) in [5.74, 6) is 0. The van der Waals surface area contributed by atoms with E-state index in [1.807, 2.05) is 6.07 Å². The average molecular weight is 189 g/mol. The lowest BCUT2D eigenvalue weighted by molar-refractivity contribution is -0.907. The molecule has 4 heteroatoms. The van der Waals surface area contributed by atoms with Crippen LogP contribution in [0.2, 0.25) is 5.15 Å². The van der Waals surface area contributed by atoms with Crippen LogP contribution in [0.4, 0.5) is 0 Å². The fraction of sp³-hybridized carbons (Fsp3) is 0.375. The lowest BCUT2D eigenvalue weighted by Crippen LogP contribution is -2.35. The van der Waals surface area contributed by atoms with E-state index >= 15 is 0 Å². The molecule has 1 heterocycles. The lowest BCUT2D eigenvalue weighted by Gasteiger charge is -1.99. The first-order chi connectivity index (χ1) is 5.66. The summed E-state index contributed by atoms with van der Waals surface area (Å²) in [6, 6.07) is 3.61. The molecular weight excluding hydrogens is 178 g/mol. The quantitative estimate of drug-likeness (QED) is 0.432. The van der Waals surface area contributed by atoms with Gasteiger partial charge in [0.25, 0.3) is 0 Å². The Bertz CT molecular complexity index is 289. The number of aromatic nitrogens is 1. The highest BCUT2D eigenvalue weighted by atomic mass is 35.5. The molecule has 0 spiro atoms. The van der Waals surface area contributed by atoms with Crippen molar-refractivity contribution < 1.29 is 14.7 Å². The van der Waals surface area contributed by atoms with Crippen LogP contribution in [0.25, 0.3) is 0 Å². The third-order valence-electron chi connectivity index (χ3n) is 1.61. The van der Waals surface area contributed by atoms with E-state index in [0.717, 1.165) is 10.3 Å². The van der Waals surface area contributed by atoms with Crippen LogP contribution in [0, 0.1) is 6.92 Å². The first-order valence-electron chi connectivity index (χ1n) is 3.55. The van der Waals surface area contributed by atoms with Gasteiger partial charge >= 0.3 is 5.15 Å². The summed E-state index contributed by atoms with van der Waals surface area (Å²) >= 11 is 5.81. The summed E-state index contributed by atoms with van der Waals surface area (Å²) in [4.78, 5) is 0. The highest BCUT2D eigenvalue weighted by Crippen LogP contribution is 2.11. The van der Waals surface area contributed by atoms with Crippen molar-refractivity contribution in [2.24, 2.45) is 0 Å². The highest BCUT2D eigenvalue weighted by molar-refractivity contribution is 6.29. The van der Waals surface area contributed by atoms with Gasteiger partial charge < -0.3 is 4.74 Å². The molecule has 3 nitrogen and oxygen atoms in total. The smallest absolute Gasteiger partial charge is 0.330 e. The van der Waals surface area contributed by atoms with Crippen LogP contribution in [0.1, 0.15) is 11.3 Å². The van der Waals surface area contributed by atoms with Crippen molar-refractivity contribution in [2.45, 2.75) is 13.5 Å². The Kier molecular flexibility index (Phi) is 2.89. The van der Waals surface area contributed by atoms with Crippen LogP contribution in [-0.4, -0.2) is 12.3 Å². The molecule has 0 amide bonds. The fourth-order valence-electron chi connectivity index (χ4n) is 0.915. The molecule has 0 saturated carbocycles. The number of rotatable bonds is 2. The Morgan fingerprint density at radius 3 is 2.83 bits per heavy atom. The molecule has 12 heavy (non-hydrogen) atoms. The average Bonchev–Trinajstić information content (AvgIpc) is 2.07. The van der Waals surface area contributed by atoms with Crippen LogP contribution in [-0.2, 0) is 11.3 Å². The fourth-order valence-corrected chi connectivity index (χ4v) is 1.17. The predicted octanol–water partition coefficient (Wildman–Crippen LogP) is 1.32. The van der Waals surface area contributed by atoms with Crippen LogP contribution < -0.4 is 4.73 Å². The second-order valence-electron chi connectivity index (χ2n) is 2.54. The third kappa shape index (κ3) is 1.68. The maximum absolute atomic E-state index is 9.34. The van der Waals surface area contributed by atoms with Gasteiger partial charge in [-0.3, -0.25) is 5.21 Å². The molecule has 1 N–H and O–H groups in total. The Morgan fingerprint density at radius 1 is 1.58 bits per heavy atom. The Hall–Kier alpha value is -0.800.